The zero-order chi connectivity index (χ0) is 8.81. The second-order valence-electron chi connectivity index (χ2n) is 2.13. The van der Waals surface area contributed by atoms with Crippen molar-refractivity contribution in [2.75, 3.05) is 5.75 Å². The van der Waals surface area contributed by atoms with E-state index in [4.69, 9.17) is 5.11 Å². The first kappa shape index (κ1) is 9.11. The molecule has 2 nitrogen and oxygen atoms in total. The van der Waals surface area contributed by atoms with Crippen LogP contribution in [0.5, 0.6) is 0 Å². The topological polar surface area (TPSA) is 33.1 Å². The highest BCUT2D eigenvalue weighted by atomic mass is 32.1. The molecule has 0 aromatic carbocycles. The number of hydrogen-bond donors (Lipinski definition) is 2. The Kier molecular flexibility index (Phi) is 3.65. The molecule has 62 valence electrons. The summed E-state index contributed by atoms with van der Waals surface area (Å²) in [5, 5.41) is 8.76. The van der Waals surface area contributed by atoms with Crippen LogP contribution in [0, 0.1) is 11.8 Å². The third kappa shape index (κ3) is 2.57. The highest BCUT2D eigenvalue weighted by molar-refractivity contribution is 7.80. The Labute approximate surface area is 77.1 Å². The van der Waals surface area contributed by atoms with Gasteiger partial charge < -0.3 is 5.11 Å². The lowest BCUT2D eigenvalue weighted by atomic mass is 10.3. The average Bonchev–Trinajstić information content (AvgIpc) is 2.15. The van der Waals surface area contributed by atoms with Crippen molar-refractivity contribution in [3.63, 3.8) is 0 Å². The van der Waals surface area contributed by atoms with Crippen molar-refractivity contribution in [3.05, 3.63) is 29.6 Å². The highest BCUT2D eigenvalue weighted by Gasteiger charge is 1.91. The van der Waals surface area contributed by atoms with Crippen molar-refractivity contribution in [2.24, 2.45) is 0 Å². The van der Waals surface area contributed by atoms with Gasteiger partial charge in [0, 0.05) is 0 Å². The first-order valence-corrected chi connectivity index (χ1v) is 4.16. The molecule has 12 heavy (non-hydrogen) atoms. The normalized spacial score (nSPS) is 8.83. The van der Waals surface area contributed by atoms with Crippen LogP contribution >= 0.6 is 12.6 Å². The van der Waals surface area contributed by atoms with Crippen LogP contribution in [0.2, 0.25) is 0 Å². The van der Waals surface area contributed by atoms with Gasteiger partial charge in [-0.2, -0.15) is 12.6 Å². The van der Waals surface area contributed by atoms with Crippen LogP contribution in [-0.4, -0.2) is 15.8 Å². The summed E-state index contributed by atoms with van der Waals surface area (Å²) in [5.41, 5.74) is 1.32. The second kappa shape index (κ2) is 4.81. The van der Waals surface area contributed by atoms with Gasteiger partial charge in [-0.3, -0.25) is 0 Å². The van der Waals surface area contributed by atoms with Crippen LogP contribution in [0.15, 0.2) is 18.2 Å². The zero-order valence-corrected chi connectivity index (χ0v) is 7.38. The van der Waals surface area contributed by atoms with Crippen molar-refractivity contribution in [2.45, 2.75) is 6.61 Å². The van der Waals surface area contributed by atoms with Crippen LogP contribution in [0.25, 0.3) is 0 Å². The number of aromatic nitrogens is 1. The Balaban J connectivity index is 2.86. The maximum absolute atomic E-state index is 8.76. The molecule has 1 aromatic rings. The van der Waals surface area contributed by atoms with E-state index >= 15 is 0 Å². The maximum Gasteiger partial charge on any atom is 0.113 e. The molecule has 0 aliphatic heterocycles. The molecule has 0 unspecified atom stereocenters. The van der Waals surface area contributed by atoms with Crippen molar-refractivity contribution in [3.8, 4) is 11.8 Å². The molecule has 0 fully saturated rings. The summed E-state index contributed by atoms with van der Waals surface area (Å²) in [6.45, 7) is -0.0452. The van der Waals surface area contributed by atoms with Crippen molar-refractivity contribution in [1.82, 2.24) is 4.98 Å². The Hall–Kier alpha value is -0.980. The number of thiol groups is 1. The molecule has 0 saturated carbocycles. The van der Waals surface area contributed by atoms with Gasteiger partial charge in [0.25, 0.3) is 0 Å². The fourth-order valence-electron chi connectivity index (χ4n) is 0.767. The summed E-state index contributed by atoms with van der Waals surface area (Å²) < 4.78 is 0. The number of rotatable bonds is 1. The van der Waals surface area contributed by atoms with Gasteiger partial charge in [0.1, 0.15) is 5.69 Å². The second-order valence-corrected chi connectivity index (χ2v) is 2.45. The summed E-state index contributed by atoms with van der Waals surface area (Å²) in [6.07, 6.45) is 0. The quantitative estimate of drug-likeness (QED) is 0.495. The fraction of sp³-hybridized carbons (Fsp3) is 0.222. The molecule has 0 spiro atoms. The zero-order valence-electron chi connectivity index (χ0n) is 6.49. The molecule has 0 bridgehead atoms. The van der Waals surface area contributed by atoms with E-state index in [1.807, 2.05) is 6.07 Å². The Morgan fingerprint density at radius 3 is 3.00 bits per heavy atom. The van der Waals surface area contributed by atoms with Crippen LogP contribution in [0.4, 0.5) is 0 Å². The number of hydrogen-bond acceptors (Lipinski definition) is 3. The number of aliphatic hydroxyl groups is 1. The van der Waals surface area contributed by atoms with E-state index < -0.39 is 0 Å². The molecule has 0 saturated heterocycles. The lowest BCUT2D eigenvalue weighted by molar-refractivity contribution is 0.277. The SMILES string of the molecule is OCc1cccc(C#CCS)n1. The standard InChI is InChI=1S/C9H9NOS/c11-7-9-4-1-3-8(10-9)5-2-6-12/h1,3-4,11-12H,6-7H2. The maximum atomic E-state index is 8.76. The van der Waals surface area contributed by atoms with E-state index in [-0.39, 0.29) is 6.61 Å². The molecule has 0 atom stereocenters. The van der Waals surface area contributed by atoms with Gasteiger partial charge in [0.05, 0.1) is 18.1 Å². The first-order chi connectivity index (χ1) is 5.86. The van der Waals surface area contributed by atoms with Gasteiger partial charge in [-0.1, -0.05) is 12.0 Å². The third-order valence-corrected chi connectivity index (χ3v) is 1.42. The molecule has 1 N–H and O–H groups in total. The van der Waals surface area contributed by atoms with Crippen LogP contribution in [0.1, 0.15) is 11.4 Å². The van der Waals surface area contributed by atoms with Gasteiger partial charge in [-0.05, 0) is 18.1 Å². The number of aliphatic hydroxyl groups excluding tert-OH is 1. The minimum atomic E-state index is -0.0452. The highest BCUT2D eigenvalue weighted by Crippen LogP contribution is 1.97. The van der Waals surface area contributed by atoms with E-state index in [9.17, 15) is 0 Å². The van der Waals surface area contributed by atoms with E-state index in [2.05, 4.69) is 29.5 Å². The van der Waals surface area contributed by atoms with E-state index in [1.54, 1.807) is 12.1 Å². The smallest absolute Gasteiger partial charge is 0.113 e. The fourth-order valence-corrected chi connectivity index (χ4v) is 0.846. The van der Waals surface area contributed by atoms with Gasteiger partial charge in [0.15, 0.2) is 0 Å². The lowest BCUT2D eigenvalue weighted by Gasteiger charge is -1.94. The van der Waals surface area contributed by atoms with E-state index in [1.165, 1.54) is 0 Å². The van der Waals surface area contributed by atoms with Crippen molar-refractivity contribution in [1.29, 1.82) is 0 Å². The number of nitrogens with zero attached hydrogens (tertiary/aromatic N) is 1. The monoisotopic (exact) mass is 179 g/mol. The molecule has 1 aromatic heterocycles. The number of pyridine rings is 1. The van der Waals surface area contributed by atoms with Gasteiger partial charge in [0.2, 0.25) is 0 Å². The Morgan fingerprint density at radius 2 is 2.33 bits per heavy atom. The molecule has 3 heteroatoms. The molecule has 1 heterocycles. The van der Waals surface area contributed by atoms with Gasteiger partial charge >= 0.3 is 0 Å². The van der Waals surface area contributed by atoms with Crippen LogP contribution in [0.3, 0.4) is 0 Å². The van der Waals surface area contributed by atoms with Crippen molar-refractivity contribution < 1.29 is 5.11 Å². The first-order valence-electron chi connectivity index (χ1n) is 3.53. The molecule has 0 aliphatic rings. The Bertz CT molecular complexity index is 314. The molecule has 1 rings (SSSR count). The Morgan fingerprint density at radius 1 is 1.50 bits per heavy atom. The molecular weight excluding hydrogens is 170 g/mol. The lowest BCUT2D eigenvalue weighted by Crippen LogP contribution is -1.90. The molecule has 0 aliphatic carbocycles. The van der Waals surface area contributed by atoms with Gasteiger partial charge in [-0.25, -0.2) is 4.98 Å². The largest absolute Gasteiger partial charge is 0.390 e. The van der Waals surface area contributed by atoms with Crippen LogP contribution in [-0.2, 0) is 6.61 Å². The van der Waals surface area contributed by atoms with Crippen molar-refractivity contribution >= 4 is 12.6 Å². The molecular formula is C9H9NOS. The summed E-state index contributed by atoms with van der Waals surface area (Å²) in [7, 11) is 0. The molecule has 0 amide bonds. The van der Waals surface area contributed by atoms with Gasteiger partial charge in [-0.15, -0.1) is 0 Å². The average molecular weight is 179 g/mol. The summed E-state index contributed by atoms with van der Waals surface area (Å²) >= 11 is 3.95. The summed E-state index contributed by atoms with van der Waals surface area (Å²) in [5.74, 6) is 6.13. The van der Waals surface area contributed by atoms with E-state index in [0.717, 1.165) is 0 Å². The van der Waals surface area contributed by atoms with Crippen LogP contribution < -0.4 is 0 Å². The van der Waals surface area contributed by atoms with E-state index in [0.29, 0.717) is 17.1 Å². The minimum Gasteiger partial charge on any atom is -0.390 e. The third-order valence-electron chi connectivity index (χ3n) is 1.26. The minimum absolute atomic E-state index is 0.0452. The summed E-state index contributed by atoms with van der Waals surface area (Å²) in [6, 6.07) is 5.38. The molecule has 0 radical (unpaired) electrons. The summed E-state index contributed by atoms with van der Waals surface area (Å²) in [4.78, 5) is 4.07. The predicted octanol–water partition coefficient (Wildman–Crippen LogP) is 0.855. The predicted molar refractivity (Wildman–Crippen MR) is 50.9 cm³/mol.